The zero-order valence-electron chi connectivity index (χ0n) is 9.96. The molecule has 0 aromatic carbocycles. The first-order valence-electron chi connectivity index (χ1n) is 5.96. The van der Waals surface area contributed by atoms with Gasteiger partial charge in [-0.2, -0.15) is 0 Å². The number of urea groups is 1. The van der Waals surface area contributed by atoms with Gasteiger partial charge in [-0.05, 0) is 12.3 Å². The number of carbonyl (C=O) groups is 2. The number of amides is 2. The van der Waals surface area contributed by atoms with E-state index in [4.69, 9.17) is 9.84 Å². The molecule has 2 aliphatic rings. The van der Waals surface area contributed by atoms with Gasteiger partial charge in [0.2, 0.25) is 0 Å². The van der Waals surface area contributed by atoms with Crippen LogP contribution < -0.4 is 0 Å². The van der Waals surface area contributed by atoms with E-state index in [1.54, 1.807) is 9.80 Å². The number of ether oxygens (including phenoxy) is 1. The van der Waals surface area contributed by atoms with Gasteiger partial charge in [0.25, 0.3) is 0 Å². The van der Waals surface area contributed by atoms with Gasteiger partial charge in [-0.25, -0.2) is 9.59 Å². The van der Waals surface area contributed by atoms with Crippen LogP contribution in [0.25, 0.3) is 0 Å². The minimum absolute atomic E-state index is 0.0519. The third kappa shape index (κ3) is 2.69. The lowest BCUT2D eigenvalue weighted by Gasteiger charge is -2.33. The van der Waals surface area contributed by atoms with Crippen LogP contribution in [0.1, 0.15) is 13.3 Å². The van der Waals surface area contributed by atoms with Gasteiger partial charge in [-0.1, -0.05) is 6.92 Å². The number of nitrogens with zero attached hydrogens (tertiary/aromatic N) is 2. The van der Waals surface area contributed by atoms with E-state index >= 15 is 0 Å². The van der Waals surface area contributed by atoms with E-state index in [0.29, 0.717) is 19.1 Å². The number of likely N-dealkylation sites (tertiary alicyclic amines) is 1. The van der Waals surface area contributed by atoms with E-state index in [-0.39, 0.29) is 12.6 Å². The van der Waals surface area contributed by atoms with Crippen LogP contribution in [0.5, 0.6) is 0 Å². The first-order chi connectivity index (χ1) is 8.08. The second-order valence-electron chi connectivity index (χ2n) is 4.77. The highest BCUT2D eigenvalue weighted by Gasteiger charge is 2.33. The molecule has 2 amide bonds. The molecule has 0 aliphatic carbocycles. The third-order valence-corrected chi connectivity index (χ3v) is 3.31. The molecule has 6 heteroatoms. The van der Waals surface area contributed by atoms with Crippen molar-refractivity contribution in [3.63, 3.8) is 0 Å². The van der Waals surface area contributed by atoms with Crippen molar-refractivity contribution in [1.29, 1.82) is 0 Å². The van der Waals surface area contributed by atoms with E-state index < -0.39 is 12.1 Å². The lowest BCUT2D eigenvalue weighted by Crippen LogP contribution is -2.52. The maximum atomic E-state index is 12.1. The largest absolute Gasteiger partial charge is 0.479 e. The Bertz CT molecular complexity index is 321. The average Bonchev–Trinajstić information content (AvgIpc) is 2.75. The highest BCUT2D eigenvalue weighted by molar-refractivity contribution is 5.77. The Hall–Kier alpha value is -1.30. The van der Waals surface area contributed by atoms with Gasteiger partial charge in [-0.3, -0.25) is 0 Å². The Morgan fingerprint density at radius 1 is 1.24 bits per heavy atom. The molecular formula is C11H18N2O4. The van der Waals surface area contributed by atoms with Gasteiger partial charge >= 0.3 is 12.0 Å². The van der Waals surface area contributed by atoms with Crippen LogP contribution >= 0.6 is 0 Å². The molecule has 0 spiro atoms. The van der Waals surface area contributed by atoms with E-state index in [0.717, 1.165) is 19.5 Å². The Kier molecular flexibility index (Phi) is 3.51. The second kappa shape index (κ2) is 4.91. The second-order valence-corrected chi connectivity index (χ2v) is 4.77. The summed E-state index contributed by atoms with van der Waals surface area (Å²) in [6, 6.07) is -0.0519. The first-order valence-corrected chi connectivity index (χ1v) is 5.96. The fraction of sp³-hybridized carbons (Fsp3) is 0.818. The fourth-order valence-corrected chi connectivity index (χ4v) is 2.28. The molecule has 2 aliphatic heterocycles. The molecular weight excluding hydrogens is 224 g/mol. The SMILES string of the molecule is CC1CCN(C(=O)N2CCOC(C(=O)O)C2)C1. The Labute approximate surface area is 100 Å². The number of hydrogen-bond acceptors (Lipinski definition) is 3. The molecule has 0 aromatic heterocycles. The maximum absolute atomic E-state index is 12.1. The maximum Gasteiger partial charge on any atom is 0.334 e. The molecule has 2 rings (SSSR count). The predicted molar refractivity (Wildman–Crippen MR) is 59.7 cm³/mol. The summed E-state index contributed by atoms with van der Waals surface area (Å²) in [5.74, 6) is -0.465. The van der Waals surface area contributed by atoms with Crippen LogP contribution in [0.4, 0.5) is 4.79 Å². The minimum Gasteiger partial charge on any atom is -0.479 e. The topological polar surface area (TPSA) is 70.1 Å². The summed E-state index contributed by atoms with van der Waals surface area (Å²) in [6.45, 7) is 4.59. The summed E-state index contributed by atoms with van der Waals surface area (Å²) < 4.78 is 5.09. The van der Waals surface area contributed by atoms with Crippen molar-refractivity contribution >= 4 is 12.0 Å². The van der Waals surface area contributed by atoms with E-state index in [9.17, 15) is 9.59 Å². The molecule has 2 saturated heterocycles. The van der Waals surface area contributed by atoms with Crippen LogP contribution in [0.3, 0.4) is 0 Å². The summed E-state index contributed by atoms with van der Waals surface area (Å²) in [7, 11) is 0. The molecule has 96 valence electrons. The summed E-state index contributed by atoms with van der Waals surface area (Å²) in [5, 5.41) is 8.87. The molecule has 2 unspecified atom stereocenters. The van der Waals surface area contributed by atoms with Gasteiger partial charge in [0.1, 0.15) is 0 Å². The monoisotopic (exact) mass is 242 g/mol. The summed E-state index contributed by atoms with van der Waals surface area (Å²) >= 11 is 0. The van der Waals surface area contributed by atoms with Gasteiger partial charge in [0.05, 0.1) is 13.2 Å². The summed E-state index contributed by atoms with van der Waals surface area (Å²) in [5.41, 5.74) is 0. The number of carbonyl (C=O) groups excluding carboxylic acids is 1. The predicted octanol–water partition coefficient (Wildman–Crippen LogP) is 0.234. The van der Waals surface area contributed by atoms with E-state index in [1.807, 2.05) is 0 Å². The van der Waals surface area contributed by atoms with Crippen molar-refractivity contribution in [1.82, 2.24) is 9.80 Å². The Morgan fingerprint density at radius 2 is 1.94 bits per heavy atom. The molecule has 6 nitrogen and oxygen atoms in total. The van der Waals surface area contributed by atoms with Crippen LogP contribution in [0.15, 0.2) is 0 Å². The summed E-state index contributed by atoms with van der Waals surface area (Å²) in [6.07, 6.45) is 0.144. The molecule has 0 aromatic rings. The average molecular weight is 242 g/mol. The Balaban J connectivity index is 1.93. The van der Waals surface area contributed by atoms with Crippen molar-refractivity contribution in [2.45, 2.75) is 19.4 Å². The molecule has 1 N–H and O–H groups in total. The smallest absolute Gasteiger partial charge is 0.334 e. The minimum atomic E-state index is -1.00. The van der Waals surface area contributed by atoms with Crippen molar-refractivity contribution in [2.24, 2.45) is 5.92 Å². The lowest BCUT2D eigenvalue weighted by atomic mass is 10.2. The van der Waals surface area contributed by atoms with Crippen LogP contribution in [0, 0.1) is 5.92 Å². The number of rotatable bonds is 1. The van der Waals surface area contributed by atoms with Crippen molar-refractivity contribution in [3.05, 3.63) is 0 Å². The van der Waals surface area contributed by atoms with E-state index in [1.165, 1.54) is 0 Å². The molecule has 0 radical (unpaired) electrons. The van der Waals surface area contributed by atoms with Crippen molar-refractivity contribution < 1.29 is 19.4 Å². The number of hydrogen-bond donors (Lipinski definition) is 1. The zero-order valence-corrected chi connectivity index (χ0v) is 9.96. The molecule has 17 heavy (non-hydrogen) atoms. The normalized spacial score (nSPS) is 29.5. The fourth-order valence-electron chi connectivity index (χ4n) is 2.28. The van der Waals surface area contributed by atoms with Crippen LogP contribution in [0.2, 0.25) is 0 Å². The number of aliphatic carboxylic acids is 1. The van der Waals surface area contributed by atoms with Crippen molar-refractivity contribution in [3.8, 4) is 0 Å². The highest BCUT2D eigenvalue weighted by atomic mass is 16.5. The molecule has 2 heterocycles. The highest BCUT2D eigenvalue weighted by Crippen LogP contribution is 2.18. The summed E-state index contributed by atoms with van der Waals surface area (Å²) in [4.78, 5) is 26.3. The molecule has 0 bridgehead atoms. The zero-order chi connectivity index (χ0) is 12.4. The van der Waals surface area contributed by atoms with Crippen LogP contribution in [-0.2, 0) is 9.53 Å². The molecule has 2 fully saturated rings. The number of carboxylic acids is 1. The van der Waals surface area contributed by atoms with Gasteiger partial charge < -0.3 is 19.6 Å². The molecule has 0 saturated carbocycles. The van der Waals surface area contributed by atoms with Crippen LogP contribution in [-0.4, -0.2) is 65.8 Å². The number of morpholine rings is 1. The molecule has 2 atom stereocenters. The standard InChI is InChI=1S/C11H18N2O4/c1-8-2-3-12(6-8)11(16)13-4-5-17-9(7-13)10(14)15/h8-9H,2-7H2,1H3,(H,14,15). The van der Waals surface area contributed by atoms with Gasteiger partial charge in [-0.15, -0.1) is 0 Å². The van der Waals surface area contributed by atoms with Crippen molar-refractivity contribution in [2.75, 3.05) is 32.8 Å². The first kappa shape index (κ1) is 12.2. The van der Waals surface area contributed by atoms with E-state index in [2.05, 4.69) is 6.92 Å². The Morgan fingerprint density at radius 3 is 2.53 bits per heavy atom. The van der Waals surface area contributed by atoms with Gasteiger partial charge in [0, 0.05) is 19.6 Å². The van der Waals surface area contributed by atoms with Gasteiger partial charge in [0.15, 0.2) is 6.10 Å². The lowest BCUT2D eigenvalue weighted by molar-refractivity contribution is -0.154. The number of carboxylic acid groups (broad SMARTS) is 1. The quantitative estimate of drug-likeness (QED) is 0.714. The third-order valence-electron chi connectivity index (χ3n) is 3.31.